The fourth-order valence-electron chi connectivity index (χ4n) is 2.97. The topological polar surface area (TPSA) is 59.2 Å². The number of carbonyl (C=O) groups excluding carboxylic acids is 1. The molecule has 2 heterocycles. The Bertz CT molecular complexity index is 707. The van der Waals surface area contributed by atoms with Gasteiger partial charge in [-0.3, -0.25) is 4.79 Å². The third kappa shape index (κ3) is 4.19. The van der Waals surface area contributed by atoms with Crippen LogP contribution >= 0.6 is 27.7 Å². The summed E-state index contributed by atoms with van der Waals surface area (Å²) in [6, 6.07) is 8.08. The molecule has 1 aliphatic rings. The monoisotopic (exact) mass is 409 g/mol. The van der Waals surface area contributed by atoms with Crippen molar-refractivity contribution in [1.29, 1.82) is 0 Å². The summed E-state index contributed by atoms with van der Waals surface area (Å²) >= 11 is 4.74. The van der Waals surface area contributed by atoms with Gasteiger partial charge in [0.15, 0.2) is 0 Å². The summed E-state index contributed by atoms with van der Waals surface area (Å²) in [6.45, 7) is 3.01. The molecule has 0 saturated carbocycles. The van der Waals surface area contributed by atoms with Crippen molar-refractivity contribution in [3.63, 3.8) is 0 Å². The van der Waals surface area contributed by atoms with Crippen LogP contribution in [0.2, 0.25) is 0 Å². The first-order chi connectivity index (χ1) is 11.7. The van der Waals surface area contributed by atoms with Gasteiger partial charge in [0, 0.05) is 22.6 Å². The number of rotatable bonds is 5. The SMILES string of the molecule is CC[C@H]1CCCCN1C(=O)CSc1nnc(-c2cccc(Br)c2)o1. The van der Waals surface area contributed by atoms with E-state index < -0.39 is 0 Å². The van der Waals surface area contributed by atoms with Gasteiger partial charge in [-0.2, -0.15) is 0 Å². The van der Waals surface area contributed by atoms with Gasteiger partial charge in [0.05, 0.1) is 5.75 Å². The van der Waals surface area contributed by atoms with Crippen molar-refractivity contribution in [3.05, 3.63) is 28.7 Å². The Balaban J connectivity index is 1.60. The molecule has 0 radical (unpaired) electrons. The number of hydrogen-bond donors (Lipinski definition) is 0. The van der Waals surface area contributed by atoms with Crippen LogP contribution < -0.4 is 0 Å². The number of likely N-dealkylation sites (tertiary alicyclic amines) is 1. The highest BCUT2D eigenvalue weighted by molar-refractivity contribution is 9.10. The van der Waals surface area contributed by atoms with Gasteiger partial charge in [-0.25, -0.2) is 0 Å². The van der Waals surface area contributed by atoms with Gasteiger partial charge in [-0.15, -0.1) is 10.2 Å². The molecule has 5 nitrogen and oxygen atoms in total. The van der Waals surface area contributed by atoms with E-state index in [4.69, 9.17) is 4.42 Å². The number of aromatic nitrogens is 2. The predicted octanol–water partition coefficient (Wildman–Crippen LogP) is 4.38. The molecule has 3 rings (SSSR count). The third-order valence-corrected chi connectivity index (χ3v) is 5.51. The fourth-order valence-corrected chi connectivity index (χ4v) is 4.01. The zero-order chi connectivity index (χ0) is 16.9. The van der Waals surface area contributed by atoms with E-state index in [9.17, 15) is 4.79 Å². The number of carbonyl (C=O) groups is 1. The second kappa shape index (κ2) is 8.16. The van der Waals surface area contributed by atoms with Gasteiger partial charge >= 0.3 is 0 Å². The van der Waals surface area contributed by atoms with E-state index >= 15 is 0 Å². The van der Waals surface area contributed by atoms with Gasteiger partial charge in [-0.05, 0) is 43.9 Å². The predicted molar refractivity (Wildman–Crippen MR) is 97.8 cm³/mol. The highest BCUT2D eigenvalue weighted by atomic mass is 79.9. The maximum Gasteiger partial charge on any atom is 0.277 e. The van der Waals surface area contributed by atoms with Crippen LogP contribution in [0.1, 0.15) is 32.6 Å². The zero-order valence-corrected chi connectivity index (χ0v) is 16.0. The quantitative estimate of drug-likeness (QED) is 0.685. The molecule has 1 aliphatic heterocycles. The average Bonchev–Trinajstić information content (AvgIpc) is 3.08. The van der Waals surface area contributed by atoms with E-state index in [0.717, 1.165) is 35.8 Å². The molecule has 1 amide bonds. The number of piperidine rings is 1. The summed E-state index contributed by atoms with van der Waals surface area (Å²) in [5.41, 5.74) is 0.858. The Morgan fingerprint density at radius 2 is 2.29 bits per heavy atom. The molecule has 1 aromatic heterocycles. The summed E-state index contributed by atoms with van der Waals surface area (Å²) in [5, 5.41) is 8.54. The largest absolute Gasteiger partial charge is 0.411 e. The molecule has 0 bridgehead atoms. The molecule has 0 unspecified atom stereocenters. The van der Waals surface area contributed by atoms with Crippen LogP contribution in [-0.4, -0.2) is 39.3 Å². The van der Waals surface area contributed by atoms with E-state index in [1.54, 1.807) is 0 Å². The minimum atomic E-state index is 0.161. The summed E-state index contributed by atoms with van der Waals surface area (Å²) < 4.78 is 6.62. The van der Waals surface area contributed by atoms with Crippen LogP contribution in [-0.2, 0) is 4.79 Å². The van der Waals surface area contributed by atoms with Gasteiger partial charge in [0.25, 0.3) is 5.22 Å². The van der Waals surface area contributed by atoms with Crippen molar-refractivity contribution in [2.75, 3.05) is 12.3 Å². The molecule has 24 heavy (non-hydrogen) atoms. The third-order valence-electron chi connectivity index (χ3n) is 4.22. The molecule has 7 heteroatoms. The molecule has 1 aromatic carbocycles. The van der Waals surface area contributed by atoms with E-state index in [-0.39, 0.29) is 5.91 Å². The molecule has 1 atom stereocenters. The van der Waals surface area contributed by atoms with Gasteiger partial charge in [-0.1, -0.05) is 40.7 Å². The molecule has 0 spiro atoms. The highest BCUT2D eigenvalue weighted by Gasteiger charge is 2.25. The van der Waals surface area contributed by atoms with Crippen molar-refractivity contribution in [1.82, 2.24) is 15.1 Å². The second-order valence-electron chi connectivity index (χ2n) is 5.82. The van der Waals surface area contributed by atoms with Crippen molar-refractivity contribution < 1.29 is 9.21 Å². The van der Waals surface area contributed by atoms with Crippen LogP contribution in [0.3, 0.4) is 0 Å². The Labute approximate surface area is 154 Å². The van der Waals surface area contributed by atoms with Crippen molar-refractivity contribution in [2.45, 2.75) is 43.9 Å². The lowest BCUT2D eigenvalue weighted by atomic mass is 10.0. The maximum absolute atomic E-state index is 12.5. The lowest BCUT2D eigenvalue weighted by Crippen LogP contribution is -2.44. The van der Waals surface area contributed by atoms with Crippen LogP contribution in [0.15, 0.2) is 38.4 Å². The second-order valence-corrected chi connectivity index (χ2v) is 7.66. The first kappa shape index (κ1) is 17.5. The molecule has 128 valence electrons. The average molecular weight is 410 g/mol. The van der Waals surface area contributed by atoms with Crippen molar-refractivity contribution >= 4 is 33.6 Å². The highest BCUT2D eigenvalue weighted by Crippen LogP contribution is 2.26. The van der Waals surface area contributed by atoms with E-state index in [1.165, 1.54) is 18.2 Å². The van der Waals surface area contributed by atoms with Gasteiger partial charge < -0.3 is 9.32 Å². The number of thioether (sulfide) groups is 1. The zero-order valence-electron chi connectivity index (χ0n) is 13.6. The Morgan fingerprint density at radius 1 is 1.42 bits per heavy atom. The van der Waals surface area contributed by atoms with Crippen LogP contribution in [0.5, 0.6) is 0 Å². The van der Waals surface area contributed by atoms with E-state index in [2.05, 4.69) is 33.1 Å². The minimum absolute atomic E-state index is 0.161. The van der Waals surface area contributed by atoms with Crippen LogP contribution in [0.25, 0.3) is 11.5 Å². The molecule has 0 aliphatic carbocycles. The number of amides is 1. The summed E-state index contributed by atoms with van der Waals surface area (Å²) in [7, 11) is 0. The maximum atomic E-state index is 12.5. The van der Waals surface area contributed by atoms with Crippen molar-refractivity contribution in [2.24, 2.45) is 0 Å². The van der Waals surface area contributed by atoms with Crippen LogP contribution in [0.4, 0.5) is 0 Å². The normalized spacial score (nSPS) is 17.9. The number of halogens is 1. The molecular weight excluding hydrogens is 390 g/mol. The number of benzene rings is 1. The molecular formula is C17H20BrN3O2S. The first-order valence-corrected chi connectivity index (χ1v) is 9.97. The molecule has 1 saturated heterocycles. The van der Waals surface area contributed by atoms with Crippen LogP contribution in [0, 0.1) is 0 Å². The minimum Gasteiger partial charge on any atom is -0.411 e. The lowest BCUT2D eigenvalue weighted by Gasteiger charge is -2.35. The summed E-state index contributed by atoms with van der Waals surface area (Å²) in [4.78, 5) is 14.5. The molecule has 1 fully saturated rings. The number of hydrogen-bond acceptors (Lipinski definition) is 5. The first-order valence-electron chi connectivity index (χ1n) is 8.19. The van der Waals surface area contributed by atoms with E-state index in [1.807, 2.05) is 29.2 Å². The summed E-state index contributed by atoms with van der Waals surface area (Å²) in [5.74, 6) is 0.973. The Kier molecular flexibility index (Phi) is 5.94. The smallest absolute Gasteiger partial charge is 0.277 e. The summed E-state index contributed by atoms with van der Waals surface area (Å²) in [6.07, 6.45) is 4.44. The van der Waals surface area contributed by atoms with E-state index in [0.29, 0.717) is 22.9 Å². The molecule has 0 N–H and O–H groups in total. The standard InChI is InChI=1S/C17H20BrN3O2S/c1-2-14-8-3-4-9-21(14)15(22)11-24-17-20-19-16(23-17)12-6-5-7-13(18)10-12/h5-7,10,14H,2-4,8-9,11H2,1H3/t14-/m0/s1. The van der Waals surface area contributed by atoms with Gasteiger partial charge in [0.2, 0.25) is 11.8 Å². The Morgan fingerprint density at radius 3 is 3.08 bits per heavy atom. The van der Waals surface area contributed by atoms with Gasteiger partial charge in [0.1, 0.15) is 0 Å². The lowest BCUT2D eigenvalue weighted by molar-refractivity contribution is -0.132. The van der Waals surface area contributed by atoms with Crippen molar-refractivity contribution in [3.8, 4) is 11.5 Å². The fraction of sp³-hybridized carbons (Fsp3) is 0.471. The molecule has 2 aromatic rings. The number of nitrogens with zero attached hydrogens (tertiary/aromatic N) is 3. The Hall–Kier alpha value is -1.34.